The molecule has 1 rings (SSSR count). The number of hydrogen-bond acceptors (Lipinski definition) is 3. The Hall–Kier alpha value is -1.48. The molecular weight excluding hydrogens is 328 g/mol. The Balaban J connectivity index is 0.00000400. The Morgan fingerprint density at radius 2 is 1.67 bits per heavy atom. The molecule has 0 unspecified atom stereocenters. The third kappa shape index (κ3) is 4.50. The van der Waals surface area contributed by atoms with Crippen molar-refractivity contribution in [1.82, 2.24) is 0 Å². The van der Waals surface area contributed by atoms with E-state index in [0.717, 1.165) is 7.11 Å². The van der Waals surface area contributed by atoms with Crippen LogP contribution in [0.15, 0.2) is 18.2 Å². The van der Waals surface area contributed by atoms with Gasteiger partial charge in [0.25, 0.3) is 0 Å². The molecule has 2 N–H and O–H groups in total. The fraction of sp³-hybridized carbons (Fsp3) is 0.364. The lowest BCUT2D eigenvalue weighted by atomic mass is 9.97. The van der Waals surface area contributed by atoms with Gasteiger partial charge in [-0.15, -0.1) is 12.4 Å². The second-order valence-corrected chi connectivity index (χ2v) is 3.80. The van der Waals surface area contributed by atoms with Gasteiger partial charge in [0, 0.05) is 0 Å². The second kappa shape index (κ2) is 6.52. The summed E-state index contributed by atoms with van der Waals surface area (Å²) in [5.74, 6) is -1.27. The van der Waals surface area contributed by atoms with Gasteiger partial charge in [-0.05, 0) is 23.8 Å². The predicted octanol–water partition coefficient (Wildman–Crippen LogP) is 3.32. The number of methoxy groups -OCH3 is 1. The van der Waals surface area contributed by atoms with Crippen LogP contribution in [-0.4, -0.2) is 13.1 Å². The Labute approximate surface area is 121 Å². The number of nitrogens with two attached hydrogens (primary N) is 1. The predicted molar refractivity (Wildman–Crippen MR) is 62.6 cm³/mol. The van der Waals surface area contributed by atoms with Crippen LogP contribution in [0.1, 0.15) is 22.7 Å². The summed E-state index contributed by atoms with van der Waals surface area (Å²) in [6.45, 7) is 0. The zero-order valence-corrected chi connectivity index (χ0v) is 11.2. The zero-order chi connectivity index (χ0) is 15.7. The van der Waals surface area contributed by atoms with Crippen LogP contribution in [0.3, 0.4) is 0 Å². The molecule has 0 saturated heterocycles. The lowest BCUT2D eigenvalue weighted by molar-refractivity contribution is -0.145. The summed E-state index contributed by atoms with van der Waals surface area (Å²) in [6, 6.07) is -1.25. The molecule has 0 saturated carbocycles. The average Bonchev–Trinajstić information content (AvgIpc) is 2.34. The van der Waals surface area contributed by atoms with Crippen LogP contribution in [0.25, 0.3) is 0 Å². The largest absolute Gasteiger partial charge is 0.468 e. The molecule has 0 fully saturated rings. The fourth-order valence-corrected chi connectivity index (χ4v) is 1.51. The number of ether oxygens (including phenoxy) is 1. The SMILES string of the molecule is COC(=O)[C@@H](N)c1cc(C(F)(F)F)ccc1C(F)(F)F.Cl. The van der Waals surface area contributed by atoms with E-state index in [1.165, 1.54) is 0 Å². The summed E-state index contributed by atoms with van der Waals surface area (Å²) in [5, 5.41) is 0. The first-order valence-corrected chi connectivity index (χ1v) is 5.10. The highest BCUT2D eigenvalue weighted by molar-refractivity contribution is 5.85. The zero-order valence-electron chi connectivity index (χ0n) is 10.4. The molecule has 3 nitrogen and oxygen atoms in total. The number of carbonyl (C=O) groups is 1. The van der Waals surface area contributed by atoms with Crippen molar-refractivity contribution in [3.8, 4) is 0 Å². The molecule has 0 aliphatic heterocycles. The van der Waals surface area contributed by atoms with Gasteiger partial charge in [0.2, 0.25) is 0 Å². The number of halogens is 7. The Bertz CT molecular complexity index is 514. The molecule has 0 radical (unpaired) electrons. The van der Waals surface area contributed by atoms with E-state index in [4.69, 9.17) is 5.73 Å². The van der Waals surface area contributed by atoms with E-state index in [9.17, 15) is 31.1 Å². The van der Waals surface area contributed by atoms with Crippen molar-refractivity contribution in [1.29, 1.82) is 0 Å². The summed E-state index contributed by atoms with van der Waals surface area (Å²) < 4.78 is 79.8. The number of benzene rings is 1. The maximum absolute atomic E-state index is 12.7. The van der Waals surface area contributed by atoms with Gasteiger partial charge in [0.05, 0.1) is 18.2 Å². The number of hydrogen-bond donors (Lipinski definition) is 1. The van der Waals surface area contributed by atoms with Gasteiger partial charge >= 0.3 is 18.3 Å². The van der Waals surface area contributed by atoms with Crippen molar-refractivity contribution in [3.05, 3.63) is 34.9 Å². The number of rotatable bonds is 2. The minimum Gasteiger partial charge on any atom is -0.468 e. The molecule has 120 valence electrons. The maximum Gasteiger partial charge on any atom is 0.416 e. The smallest absolute Gasteiger partial charge is 0.416 e. The van der Waals surface area contributed by atoms with Crippen molar-refractivity contribution in [2.24, 2.45) is 5.73 Å². The fourth-order valence-electron chi connectivity index (χ4n) is 1.51. The van der Waals surface area contributed by atoms with E-state index in [1.807, 2.05) is 0 Å². The van der Waals surface area contributed by atoms with E-state index in [-0.39, 0.29) is 30.6 Å². The number of alkyl halides is 6. The van der Waals surface area contributed by atoms with E-state index >= 15 is 0 Å². The lowest BCUT2D eigenvalue weighted by Crippen LogP contribution is -2.26. The number of carbonyl (C=O) groups excluding carboxylic acids is 1. The molecular formula is C11H10ClF6NO2. The molecule has 0 bridgehead atoms. The topological polar surface area (TPSA) is 52.3 Å². The molecule has 0 aliphatic rings. The van der Waals surface area contributed by atoms with Gasteiger partial charge in [-0.25, -0.2) is 0 Å². The molecule has 0 aromatic heterocycles. The highest BCUT2D eigenvalue weighted by atomic mass is 35.5. The molecule has 1 atom stereocenters. The maximum atomic E-state index is 12.7. The number of esters is 1. The molecule has 0 spiro atoms. The van der Waals surface area contributed by atoms with E-state index < -0.39 is 41.1 Å². The van der Waals surface area contributed by atoms with Gasteiger partial charge in [0.15, 0.2) is 0 Å². The van der Waals surface area contributed by atoms with Crippen LogP contribution in [0.2, 0.25) is 0 Å². The van der Waals surface area contributed by atoms with Crippen LogP contribution in [0.5, 0.6) is 0 Å². The van der Waals surface area contributed by atoms with Gasteiger partial charge in [-0.1, -0.05) is 0 Å². The first-order valence-electron chi connectivity index (χ1n) is 5.10. The Morgan fingerprint density at radius 1 is 1.14 bits per heavy atom. The molecule has 21 heavy (non-hydrogen) atoms. The summed E-state index contributed by atoms with van der Waals surface area (Å²) in [4.78, 5) is 11.2. The third-order valence-corrected chi connectivity index (χ3v) is 2.47. The summed E-state index contributed by atoms with van der Waals surface area (Å²) in [6.07, 6.45) is -9.79. The first kappa shape index (κ1) is 19.5. The van der Waals surface area contributed by atoms with Crippen molar-refractivity contribution in [2.75, 3.05) is 7.11 Å². The summed E-state index contributed by atoms with van der Waals surface area (Å²) >= 11 is 0. The van der Waals surface area contributed by atoms with Crippen molar-refractivity contribution < 1.29 is 35.9 Å². The van der Waals surface area contributed by atoms with Crippen LogP contribution in [0.4, 0.5) is 26.3 Å². The summed E-state index contributed by atoms with van der Waals surface area (Å²) in [5.41, 5.74) is 1.48. The normalized spacial score (nSPS) is 13.3. The minimum absolute atomic E-state index is 0. The molecule has 0 heterocycles. The van der Waals surface area contributed by atoms with Crippen LogP contribution >= 0.6 is 12.4 Å². The summed E-state index contributed by atoms with van der Waals surface area (Å²) in [7, 11) is 0.864. The van der Waals surface area contributed by atoms with E-state index in [0.29, 0.717) is 0 Å². The van der Waals surface area contributed by atoms with Crippen LogP contribution in [-0.2, 0) is 21.9 Å². The van der Waals surface area contributed by atoms with Gasteiger partial charge in [0.1, 0.15) is 6.04 Å². The molecule has 0 aliphatic carbocycles. The van der Waals surface area contributed by atoms with Crippen molar-refractivity contribution >= 4 is 18.4 Å². The van der Waals surface area contributed by atoms with E-state index in [1.54, 1.807) is 0 Å². The third-order valence-electron chi connectivity index (χ3n) is 2.47. The first-order chi connectivity index (χ1) is 8.98. The molecule has 0 amide bonds. The minimum atomic E-state index is -4.94. The highest BCUT2D eigenvalue weighted by Gasteiger charge is 2.39. The van der Waals surface area contributed by atoms with Gasteiger partial charge in [-0.3, -0.25) is 4.79 Å². The standard InChI is InChI=1S/C11H9F6NO2.ClH/c1-20-9(19)8(18)6-4-5(10(12,13)14)2-3-7(6)11(15,16)17;/h2-4,8H,18H2,1H3;1H/t8-;/m0./s1. The average molecular weight is 338 g/mol. The lowest BCUT2D eigenvalue weighted by Gasteiger charge is -2.18. The molecule has 1 aromatic carbocycles. The van der Waals surface area contributed by atoms with E-state index in [2.05, 4.69) is 4.74 Å². The van der Waals surface area contributed by atoms with Crippen LogP contribution < -0.4 is 5.73 Å². The highest BCUT2D eigenvalue weighted by Crippen LogP contribution is 2.38. The van der Waals surface area contributed by atoms with Gasteiger partial charge in [-0.2, -0.15) is 26.3 Å². The van der Waals surface area contributed by atoms with Crippen molar-refractivity contribution in [3.63, 3.8) is 0 Å². The van der Waals surface area contributed by atoms with Crippen LogP contribution in [0, 0.1) is 0 Å². The Morgan fingerprint density at radius 3 is 2.05 bits per heavy atom. The van der Waals surface area contributed by atoms with Crippen molar-refractivity contribution in [2.45, 2.75) is 18.4 Å². The van der Waals surface area contributed by atoms with Gasteiger partial charge < -0.3 is 10.5 Å². The molecule has 10 heteroatoms. The monoisotopic (exact) mass is 337 g/mol. The quantitative estimate of drug-likeness (QED) is 0.665. The second-order valence-electron chi connectivity index (χ2n) is 3.80. The molecule has 1 aromatic rings. The Kier molecular flexibility index (Phi) is 6.06.